The van der Waals surface area contributed by atoms with Crippen LogP contribution in [0.5, 0.6) is 0 Å². The minimum atomic E-state index is -4.53. The monoisotopic (exact) mass is 205 g/mol. The Morgan fingerprint density at radius 3 is 2.14 bits per heavy atom. The Morgan fingerprint density at radius 1 is 1.21 bits per heavy atom. The Bertz CT molecular complexity index is 333. The van der Waals surface area contributed by atoms with Crippen LogP contribution in [0.25, 0.3) is 0 Å². The van der Waals surface area contributed by atoms with Crippen molar-refractivity contribution in [3.05, 3.63) is 23.8 Å². The number of nitrogens with zero attached hydrogens (tertiary/aromatic N) is 2. The first-order chi connectivity index (χ1) is 6.27. The number of aromatic nitrogens is 2. The van der Waals surface area contributed by atoms with Crippen LogP contribution in [0.15, 0.2) is 12.4 Å². The van der Waals surface area contributed by atoms with Gasteiger partial charge in [-0.15, -0.1) is 0 Å². The zero-order chi connectivity index (χ0) is 11.0. The lowest BCUT2D eigenvalue weighted by Gasteiger charge is -2.27. The van der Waals surface area contributed by atoms with E-state index in [4.69, 9.17) is 5.73 Å². The lowest BCUT2D eigenvalue weighted by molar-refractivity contribution is -0.185. The third-order valence-corrected chi connectivity index (χ3v) is 1.96. The topological polar surface area (TPSA) is 51.8 Å². The number of alkyl halides is 3. The molecule has 1 unspecified atom stereocenters. The second kappa shape index (κ2) is 3.20. The van der Waals surface area contributed by atoms with E-state index in [0.29, 0.717) is 0 Å². The van der Waals surface area contributed by atoms with Gasteiger partial charge >= 0.3 is 6.18 Å². The van der Waals surface area contributed by atoms with E-state index in [-0.39, 0.29) is 11.4 Å². The molecule has 1 aromatic rings. The van der Waals surface area contributed by atoms with E-state index in [1.165, 1.54) is 19.3 Å². The van der Waals surface area contributed by atoms with Crippen molar-refractivity contribution in [1.29, 1.82) is 0 Å². The van der Waals surface area contributed by atoms with Gasteiger partial charge in [-0.1, -0.05) is 0 Å². The quantitative estimate of drug-likeness (QED) is 0.756. The third-order valence-electron chi connectivity index (χ3n) is 1.96. The molecule has 0 fully saturated rings. The predicted molar refractivity (Wildman–Crippen MR) is 44.4 cm³/mol. The first kappa shape index (κ1) is 10.9. The number of nitrogens with two attached hydrogens (primary N) is 1. The number of rotatable bonds is 1. The highest BCUT2D eigenvalue weighted by molar-refractivity contribution is 5.20. The van der Waals surface area contributed by atoms with Crippen molar-refractivity contribution in [2.24, 2.45) is 5.73 Å². The second-order valence-electron chi connectivity index (χ2n) is 3.19. The lowest BCUT2D eigenvalue weighted by Crippen LogP contribution is -2.48. The summed E-state index contributed by atoms with van der Waals surface area (Å²) in [6, 6.07) is 0. The van der Waals surface area contributed by atoms with E-state index in [9.17, 15) is 13.2 Å². The molecule has 3 nitrogen and oxygen atoms in total. The zero-order valence-corrected chi connectivity index (χ0v) is 7.76. The fourth-order valence-corrected chi connectivity index (χ4v) is 1.05. The van der Waals surface area contributed by atoms with Crippen molar-refractivity contribution in [3.63, 3.8) is 0 Å². The van der Waals surface area contributed by atoms with Gasteiger partial charge in [0.15, 0.2) is 5.54 Å². The van der Waals surface area contributed by atoms with Gasteiger partial charge < -0.3 is 5.73 Å². The molecule has 0 saturated heterocycles. The molecule has 0 radical (unpaired) electrons. The summed E-state index contributed by atoms with van der Waals surface area (Å²) in [6.07, 6.45) is -2.02. The second-order valence-corrected chi connectivity index (χ2v) is 3.19. The van der Waals surface area contributed by atoms with Crippen LogP contribution in [0.1, 0.15) is 18.3 Å². The number of halogens is 3. The average Bonchev–Trinajstić information content (AvgIpc) is 2.02. The van der Waals surface area contributed by atoms with Gasteiger partial charge in [-0.2, -0.15) is 13.2 Å². The van der Waals surface area contributed by atoms with Gasteiger partial charge in [0.2, 0.25) is 0 Å². The SMILES string of the molecule is Cc1nccnc1C(C)(N)C(F)(F)F. The minimum absolute atomic E-state index is 0.190. The highest BCUT2D eigenvalue weighted by Crippen LogP contribution is 2.35. The predicted octanol–water partition coefficient (Wildman–Crippen LogP) is 1.52. The smallest absolute Gasteiger partial charge is 0.313 e. The molecular formula is C8H10F3N3. The van der Waals surface area contributed by atoms with Crippen molar-refractivity contribution in [2.75, 3.05) is 0 Å². The average molecular weight is 205 g/mol. The molecule has 0 aliphatic heterocycles. The molecule has 0 aromatic carbocycles. The van der Waals surface area contributed by atoms with Gasteiger partial charge in [-0.05, 0) is 13.8 Å². The van der Waals surface area contributed by atoms with E-state index in [1.54, 1.807) is 0 Å². The van der Waals surface area contributed by atoms with E-state index >= 15 is 0 Å². The van der Waals surface area contributed by atoms with Gasteiger partial charge in [0, 0.05) is 12.4 Å². The first-order valence-electron chi connectivity index (χ1n) is 3.90. The molecule has 6 heteroatoms. The molecule has 0 saturated carbocycles. The minimum Gasteiger partial charge on any atom is -0.313 e. The first-order valence-corrected chi connectivity index (χ1v) is 3.90. The molecule has 0 spiro atoms. The molecule has 0 bridgehead atoms. The van der Waals surface area contributed by atoms with Crippen LogP contribution in [-0.2, 0) is 5.54 Å². The highest BCUT2D eigenvalue weighted by atomic mass is 19.4. The largest absolute Gasteiger partial charge is 0.411 e. The van der Waals surface area contributed by atoms with Crippen molar-refractivity contribution >= 4 is 0 Å². The van der Waals surface area contributed by atoms with E-state index in [1.807, 2.05) is 0 Å². The standard InChI is InChI=1S/C8H10F3N3/c1-5-6(14-4-3-13-5)7(2,12)8(9,10)11/h3-4H,12H2,1-2H3. The maximum atomic E-state index is 12.5. The summed E-state index contributed by atoms with van der Waals surface area (Å²) in [5, 5.41) is 0. The van der Waals surface area contributed by atoms with Crippen LogP contribution in [0.4, 0.5) is 13.2 Å². The van der Waals surface area contributed by atoms with Crippen molar-refractivity contribution in [3.8, 4) is 0 Å². The van der Waals surface area contributed by atoms with Gasteiger partial charge in [-0.25, -0.2) is 0 Å². The summed E-state index contributed by atoms with van der Waals surface area (Å²) in [5.74, 6) is 0. The maximum Gasteiger partial charge on any atom is 0.411 e. The van der Waals surface area contributed by atoms with Gasteiger partial charge in [0.25, 0.3) is 0 Å². The molecule has 14 heavy (non-hydrogen) atoms. The summed E-state index contributed by atoms with van der Waals surface area (Å²) in [4.78, 5) is 7.33. The fourth-order valence-electron chi connectivity index (χ4n) is 1.05. The molecular weight excluding hydrogens is 195 g/mol. The molecule has 78 valence electrons. The number of hydrogen-bond acceptors (Lipinski definition) is 3. The van der Waals surface area contributed by atoms with E-state index in [0.717, 1.165) is 6.92 Å². The van der Waals surface area contributed by atoms with Crippen molar-refractivity contribution < 1.29 is 13.2 Å². The molecule has 1 heterocycles. The van der Waals surface area contributed by atoms with E-state index < -0.39 is 11.7 Å². The fraction of sp³-hybridized carbons (Fsp3) is 0.500. The molecule has 1 atom stereocenters. The van der Waals surface area contributed by atoms with Crippen molar-refractivity contribution in [2.45, 2.75) is 25.6 Å². The Kier molecular flexibility index (Phi) is 2.49. The van der Waals surface area contributed by atoms with Gasteiger partial charge in [0.05, 0.1) is 11.4 Å². The molecule has 0 amide bonds. The zero-order valence-electron chi connectivity index (χ0n) is 7.76. The van der Waals surface area contributed by atoms with Gasteiger partial charge in [-0.3, -0.25) is 9.97 Å². The van der Waals surface area contributed by atoms with Crippen LogP contribution in [0.3, 0.4) is 0 Å². The number of aryl methyl sites for hydroxylation is 1. The Morgan fingerprint density at radius 2 is 1.71 bits per heavy atom. The maximum absolute atomic E-state index is 12.5. The summed E-state index contributed by atoms with van der Waals surface area (Å²) >= 11 is 0. The van der Waals surface area contributed by atoms with Crippen LogP contribution in [0, 0.1) is 6.92 Å². The Balaban J connectivity index is 3.23. The highest BCUT2D eigenvalue weighted by Gasteiger charge is 2.51. The number of hydrogen-bond donors (Lipinski definition) is 1. The van der Waals surface area contributed by atoms with Crippen LogP contribution in [-0.4, -0.2) is 16.1 Å². The Hall–Kier alpha value is -1.17. The summed E-state index contributed by atoms with van der Waals surface area (Å²) in [6.45, 7) is 2.32. The lowest BCUT2D eigenvalue weighted by atomic mass is 9.96. The molecule has 1 rings (SSSR count). The van der Waals surface area contributed by atoms with Gasteiger partial charge in [0.1, 0.15) is 0 Å². The van der Waals surface area contributed by atoms with Crippen LogP contribution >= 0.6 is 0 Å². The summed E-state index contributed by atoms with van der Waals surface area (Å²) in [7, 11) is 0. The molecule has 2 N–H and O–H groups in total. The van der Waals surface area contributed by atoms with Crippen molar-refractivity contribution in [1.82, 2.24) is 9.97 Å². The summed E-state index contributed by atoms with van der Waals surface area (Å²) in [5.41, 5.74) is 2.68. The Labute approximate surface area is 79.2 Å². The molecule has 0 aliphatic rings. The molecule has 0 aliphatic carbocycles. The molecule has 1 aromatic heterocycles. The van der Waals surface area contributed by atoms with Crippen LogP contribution < -0.4 is 5.73 Å². The third kappa shape index (κ3) is 1.70. The summed E-state index contributed by atoms with van der Waals surface area (Å²) < 4.78 is 37.5. The normalized spacial score (nSPS) is 16.4. The van der Waals surface area contributed by atoms with E-state index in [2.05, 4.69) is 9.97 Å². The van der Waals surface area contributed by atoms with Crippen LogP contribution in [0.2, 0.25) is 0 Å².